The summed E-state index contributed by atoms with van der Waals surface area (Å²) in [6.07, 6.45) is 3.37. The monoisotopic (exact) mass is 399 g/mol. The summed E-state index contributed by atoms with van der Waals surface area (Å²) in [7, 11) is 1.52. The average Bonchev–Trinajstić information content (AvgIpc) is 3.18. The molecule has 152 valence electrons. The van der Waals surface area contributed by atoms with Crippen LogP contribution in [0, 0.1) is 11.6 Å². The van der Waals surface area contributed by atoms with Crippen LogP contribution in [0.4, 0.5) is 8.78 Å². The van der Waals surface area contributed by atoms with Crippen LogP contribution in [0.3, 0.4) is 0 Å². The van der Waals surface area contributed by atoms with Gasteiger partial charge in [0.25, 0.3) is 0 Å². The second-order valence-corrected chi connectivity index (χ2v) is 7.37. The number of piperidine rings is 1. The standard InChI is InChI=1S/C22H23F2N3O2/c1-29-20-8-7-14(10-19(20)28)12-27-9-3-4-15(13-27)22-16(11-25-26-22)21-17(23)5-2-6-18(21)24/h2,5-8,10-11,15,28H,3-4,9,12-13H2,1H3,(H,25,26). The summed E-state index contributed by atoms with van der Waals surface area (Å²) in [4.78, 5) is 2.28. The van der Waals surface area contributed by atoms with E-state index >= 15 is 0 Å². The topological polar surface area (TPSA) is 61.4 Å². The fourth-order valence-corrected chi connectivity index (χ4v) is 4.09. The maximum atomic E-state index is 14.3. The molecule has 2 N–H and O–H groups in total. The lowest BCUT2D eigenvalue weighted by Crippen LogP contribution is -2.34. The minimum absolute atomic E-state index is 0.0338. The van der Waals surface area contributed by atoms with Gasteiger partial charge in [-0.1, -0.05) is 12.1 Å². The van der Waals surface area contributed by atoms with Crippen molar-refractivity contribution in [3.63, 3.8) is 0 Å². The van der Waals surface area contributed by atoms with Gasteiger partial charge in [0.2, 0.25) is 0 Å². The van der Waals surface area contributed by atoms with Crippen molar-refractivity contribution >= 4 is 0 Å². The van der Waals surface area contributed by atoms with Gasteiger partial charge in [0.05, 0.1) is 18.9 Å². The van der Waals surface area contributed by atoms with E-state index in [1.165, 1.54) is 31.5 Å². The molecule has 5 nitrogen and oxygen atoms in total. The Labute approximate surface area is 167 Å². The molecule has 0 radical (unpaired) electrons. The van der Waals surface area contributed by atoms with E-state index in [2.05, 4.69) is 15.1 Å². The van der Waals surface area contributed by atoms with Gasteiger partial charge in [-0.3, -0.25) is 10.00 Å². The molecule has 1 aliphatic heterocycles. The van der Waals surface area contributed by atoms with Crippen LogP contribution in [-0.2, 0) is 6.54 Å². The van der Waals surface area contributed by atoms with E-state index in [-0.39, 0.29) is 17.2 Å². The molecule has 1 aliphatic rings. The molecule has 2 aromatic carbocycles. The second kappa shape index (κ2) is 8.21. The molecule has 2 heterocycles. The second-order valence-electron chi connectivity index (χ2n) is 7.37. The van der Waals surface area contributed by atoms with Crippen molar-refractivity contribution in [1.82, 2.24) is 15.1 Å². The lowest BCUT2D eigenvalue weighted by molar-refractivity contribution is 0.198. The zero-order valence-corrected chi connectivity index (χ0v) is 16.2. The quantitative estimate of drug-likeness (QED) is 0.666. The number of likely N-dealkylation sites (tertiary alicyclic amines) is 1. The Morgan fingerprint density at radius 1 is 1.24 bits per heavy atom. The summed E-state index contributed by atoms with van der Waals surface area (Å²) >= 11 is 0. The maximum Gasteiger partial charge on any atom is 0.160 e. The predicted molar refractivity (Wildman–Crippen MR) is 106 cm³/mol. The number of nitrogens with zero attached hydrogens (tertiary/aromatic N) is 2. The number of benzene rings is 2. The smallest absolute Gasteiger partial charge is 0.160 e. The van der Waals surface area contributed by atoms with Crippen molar-refractivity contribution in [2.45, 2.75) is 25.3 Å². The number of halogens is 2. The zero-order chi connectivity index (χ0) is 20.4. The van der Waals surface area contributed by atoms with Gasteiger partial charge in [-0.15, -0.1) is 0 Å². The SMILES string of the molecule is COc1ccc(CN2CCCC(c3[nH]ncc3-c3c(F)cccc3F)C2)cc1O. The summed E-state index contributed by atoms with van der Waals surface area (Å²) in [5.41, 5.74) is 2.19. The number of phenolic OH excluding ortho intramolecular Hbond substituents is 1. The number of phenols is 1. The van der Waals surface area contributed by atoms with Gasteiger partial charge < -0.3 is 9.84 Å². The highest BCUT2D eigenvalue weighted by atomic mass is 19.1. The normalized spacial score (nSPS) is 17.4. The number of ether oxygens (including phenoxy) is 1. The van der Waals surface area contributed by atoms with Crippen LogP contribution in [0.2, 0.25) is 0 Å². The van der Waals surface area contributed by atoms with Gasteiger partial charge in [-0.25, -0.2) is 8.78 Å². The van der Waals surface area contributed by atoms with Crippen molar-refractivity contribution in [3.8, 4) is 22.6 Å². The molecule has 0 saturated carbocycles. The number of rotatable bonds is 5. The van der Waals surface area contributed by atoms with Crippen molar-refractivity contribution in [1.29, 1.82) is 0 Å². The van der Waals surface area contributed by atoms with E-state index in [0.717, 1.165) is 37.2 Å². The van der Waals surface area contributed by atoms with Gasteiger partial charge in [0.15, 0.2) is 11.5 Å². The third-order valence-electron chi connectivity index (χ3n) is 5.46. The predicted octanol–water partition coefficient (Wildman–Crippen LogP) is 4.45. The Balaban J connectivity index is 1.54. The average molecular weight is 399 g/mol. The Hall–Kier alpha value is -2.93. The molecular formula is C22H23F2N3O2. The summed E-state index contributed by atoms with van der Waals surface area (Å²) < 4.78 is 33.7. The fourth-order valence-electron chi connectivity index (χ4n) is 4.09. The van der Waals surface area contributed by atoms with Crippen LogP contribution in [-0.4, -0.2) is 40.4 Å². The van der Waals surface area contributed by atoms with Crippen molar-refractivity contribution in [2.24, 2.45) is 0 Å². The molecule has 1 saturated heterocycles. The minimum atomic E-state index is -0.589. The summed E-state index contributed by atoms with van der Waals surface area (Å²) in [6, 6.07) is 9.27. The zero-order valence-electron chi connectivity index (χ0n) is 16.2. The lowest BCUT2D eigenvalue weighted by atomic mass is 9.90. The van der Waals surface area contributed by atoms with E-state index < -0.39 is 11.6 Å². The number of hydrogen-bond donors (Lipinski definition) is 2. The number of aromatic amines is 1. The van der Waals surface area contributed by atoms with Crippen LogP contribution in [0.5, 0.6) is 11.5 Å². The highest BCUT2D eigenvalue weighted by Crippen LogP contribution is 2.36. The number of hydrogen-bond acceptors (Lipinski definition) is 4. The van der Waals surface area contributed by atoms with Crippen LogP contribution < -0.4 is 4.74 Å². The molecule has 1 aromatic heterocycles. The third kappa shape index (κ3) is 3.96. The largest absolute Gasteiger partial charge is 0.504 e. The fraction of sp³-hybridized carbons (Fsp3) is 0.318. The van der Waals surface area contributed by atoms with E-state index in [1.54, 1.807) is 12.1 Å². The minimum Gasteiger partial charge on any atom is -0.504 e. The molecule has 1 fully saturated rings. The molecule has 1 unspecified atom stereocenters. The molecule has 0 aliphatic carbocycles. The highest BCUT2D eigenvalue weighted by molar-refractivity contribution is 5.67. The van der Waals surface area contributed by atoms with Crippen LogP contribution in [0.15, 0.2) is 42.6 Å². The Morgan fingerprint density at radius 3 is 2.76 bits per heavy atom. The Kier molecular flexibility index (Phi) is 5.49. The van der Waals surface area contributed by atoms with E-state index in [0.29, 0.717) is 17.9 Å². The van der Waals surface area contributed by atoms with Crippen molar-refractivity contribution in [2.75, 3.05) is 20.2 Å². The van der Waals surface area contributed by atoms with Crippen LogP contribution >= 0.6 is 0 Å². The van der Waals surface area contributed by atoms with Gasteiger partial charge in [0, 0.05) is 30.3 Å². The molecule has 0 spiro atoms. The van der Waals surface area contributed by atoms with Crippen molar-refractivity contribution in [3.05, 3.63) is 65.5 Å². The van der Waals surface area contributed by atoms with E-state index in [9.17, 15) is 13.9 Å². The number of nitrogens with one attached hydrogen (secondary N) is 1. The summed E-state index contributed by atoms with van der Waals surface area (Å²) in [5, 5.41) is 17.1. The molecule has 0 bridgehead atoms. The molecule has 3 aromatic rings. The number of methoxy groups -OCH3 is 1. The van der Waals surface area contributed by atoms with E-state index in [4.69, 9.17) is 4.74 Å². The van der Waals surface area contributed by atoms with Crippen molar-refractivity contribution < 1.29 is 18.6 Å². The first-order chi connectivity index (χ1) is 14.1. The van der Waals surface area contributed by atoms with Gasteiger partial charge >= 0.3 is 0 Å². The number of H-pyrrole nitrogens is 1. The summed E-state index contributed by atoms with van der Waals surface area (Å²) in [5.74, 6) is -0.529. The Bertz CT molecular complexity index is 985. The lowest BCUT2D eigenvalue weighted by Gasteiger charge is -2.32. The Morgan fingerprint density at radius 2 is 2.03 bits per heavy atom. The van der Waals surface area contributed by atoms with Gasteiger partial charge in [-0.05, 0) is 49.2 Å². The highest BCUT2D eigenvalue weighted by Gasteiger charge is 2.27. The molecular weight excluding hydrogens is 376 g/mol. The first kappa shape index (κ1) is 19.4. The van der Waals surface area contributed by atoms with Gasteiger partial charge in [0.1, 0.15) is 11.6 Å². The van der Waals surface area contributed by atoms with Crippen LogP contribution in [0.25, 0.3) is 11.1 Å². The van der Waals surface area contributed by atoms with Crippen LogP contribution in [0.1, 0.15) is 30.0 Å². The summed E-state index contributed by atoms with van der Waals surface area (Å²) in [6.45, 7) is 2.32. The van der Waals surface area contributed by atoms with E-state index in [1.807, 2.05) is 6.07 Å². The number of aromatic nitrogens is 2. The molecule has 0 amide bonds. The molecule has 29 heavy (non-hydrogen) atoms. The first-order valence-electron chi connectivity index (χ1n) is 9.62. The molecule has 4 rings (SSSR count). The van der Waals surface area contributed by atoms with Gasteiger partial charge in [-0.2, -0.15) is 5.10 Å². The molecule has 7 heteroatoms. The third-order valence-corrected chi connectivity index (χ3v) is 5.46. The maximum absolute atomic E-state index is 14.3. The number of aromatic hydroxyl groups is 1. The molecule has 1 atom stereocenters. The first-order valence-corrected chi connectivity index (χ1v) is 9.62.